The van der Waals surface area contributed by atoms with Gasteiger partial charge >= 0.3 is 0 Å². The van der Waals surface area contributed by atoms with E-state index in [2.05, 4.69) is 28.4 Å². The Labute approximate surface area is 126 Å². The second-order valence-electron chi connectivity index (χ2n) is 7.16. The van der Waals surface area contributed by atoms with Crippen molar-refractivity contribution in [3.63, 3.8) is 0 Å². The van der Waals surface area contributed by atoms with Crippen LogP contribution in [-0.2, 0) is 6.54 Å². The number of anilines is 1. The van der Waals surface area contributed by atoms with E-state index in [-0.39, 0.29) is 0 Å². The van der Waals surface area contributed by atoms with Crippen molar-refractivity contribution in [1.82, 2.24) is 14.5 Å². The predicted molar refractivity (Wildman–Crippen MR) is 87.0 cm³/mol. The number of aromatic nitrogens is 3. The van der Waals surface area contributed by atoms with E-state index in [4.69, 9.17) is 5.73 Å². The van der Waals surface area contributed by atoms with Crippen LogP contribution in [0.2, 0.25) is 0 Å². The summed E-state index contributed by atoms with van der Waals surface area (Å²) in [6.45, 7) is 7.62. The van der Waals surface area contributed by atoms with E-state index in [1.54, 1.807) is 0 Å². The molecular formula is C17H26N4. The minimum absolute atomic E-state index is 0.376. The molecule has 4 nitrogen and oxygen atoms in total. The number of hydrogen-bond acceptors (Lipinski definition) is 3. The molecule has 0 atom stereocenters. The van der Waals surface area contributed by atoms with Crippen LogP contribution in [0.15, 0.2) is 12.1 Å². The first-order chi connectivity index (χ1) is 9.99. The fourth-order valence-electron chi connectivity index (χ4n) is 4.02. The van der Waals surface area contributed by atoms with Gasteiger partial charge in [-0.3, -0.25) is 4.57 Å². The van der Waals surface area contributed by atoms with Gasteiger partial charge in [0.2, 0.25) is 5.95 Å². The Morgan fingerprint density at radius 1 is 1.24 bits per heavy atom. The van der Waals surface area contributed by atoms with Gasteiger partial charge in [-0.15, -0.1) is 0 Å². The first-order valence-electron chi connectivity index (χ1n) is 8.08. The van der Waals surface area contributed by atoms with E-state index in [9.17, 15) is 0 Å². The van der Waals surface area contributed by atoms with Crippen LogP contribution in [0.1, 0.15) is 51.6 Å². The zero-order valence-corrected chi connectivity index (χ0v) is 13.4. The van der Waals surface area contributed by atoms with Crippen molar-refractivity contribution in [1.29, 1.82) is 0 Å². The molecule has 0 aromatic carbocycles. The monoisotopic (exact) mass is 286 g/mol. The first kappa shape index (κ1) is 14.4. The van der Waals surface area contributed by atoms with Crippen LogP contribution < -0.4 is 5.73 Å². The summed E-state index contributed by atoms with van der Waals surface area (Å²) in [6.07, 6.45) is 6.54. The highest BCUT2D eigenvalue weighted by Gasteiger charge is 2.35. The second kappa shape index (κ2) is 5.32. The molecule has 3 rings (SSSR count). The SMILES string of the molecule is Cc1ccc2nc(N)n(CC3(CC(C)C)CCCC3)c2n1. The molecule has 114 valence electrons. The molecule has 21 heavy (non-hydrogen) atoms. The Hall–Kier alpha value is -1.58. The third kappa shape index (κ3) is 2.76. The number of nitrogen functional groups attached to an aromatic ring is 1. The lowest BCUT2D eigenvalue weighted by Crippen LogP contribution is -2.26. The van der Waals surface area contributed by atoms with E-state index in [1.807, 2.05) is 19.1 Å². The van der Waals surface area contributed by atoms with Crippen molar-refractivity contribution < 1.29 is 0 Å². The predicted octanol–water partition coefficient (Wildman–Crippen LogP) is 3.93. The molecule has 1 fully saturated rings. The second-order valence-corrected chi connectivity index (χ2v) is 7.16. The van der Waals surface area contributed by atoms with E-state index in [1.165, 1.54) is 32.1 Å². The average Bonchev–Trinajstić information content (AvgIpc) is 2.96. The summed E-state index contributed by atoms with van der Waals surface area (Å²) in [6, 6.07) is 4.02. The molecule has 0 unspecified atom stereocenters. The molecule has 2 aromatic heterocycles. The van der Waals surface area contributed by atoms with Crippen LogP contribution in [-0.4, -0.2) is 14.5 Å². The zero-order chi connectivity index (χ0) is 15.0. The smallest absolute Gasteiger partial charge is 0.202 e. The molecule has 0 saturated heterocycles. The number of rotatable bonds is 4. The van der Waals surface area contributed by atoms with E-state index in [0.29, 0.717) is 17.3 Å². The van der Waals surface area contributed by atoms with Gasteiger partial charge in [0, 0.05) is 12.2 Å². The fraction of sp³-hybridized carbons (Fsp3) is 0.647. The summed E-state index contributed by atoms with van der Waals surface area (Å²) in [4.78, 5) is 9.15. The molecule has 0 aliphatic heterocycles. The Morgan fingerprint density at radius 2 is 1.95 bits per heavy atom. The standard InChI is InChI=1S/C17H26N4/c1-12(2)10-17(8-4-5-9-17)11-21-15-14(20-16(21)18)7-6-13(3)19-15/h6-7,12H,4-5,8-11H2,1-3H3,(H2,18,20). The topological polar surface area (TPSA) is 56.7 Å². The lowest BCUT2D eigenvalue weighted by atomic mass is 9.78. The molecule has 1 saturated carbocycles. The lowest BCUT2D eigenvalue weighted by Gasteiger charge is -2.31. The molecule has 2 heterocycles. The maximum Gasteiger partial charge on any atom is 0.202 e. The van der Waals surface area contributed by atoms with Gasteiger partial charge in [0.25, 0.3) is 0 Å². The van der Waals surface area contributed by atoms with Gasteiger partial charge in [0.05, 0.1) is 0 Å². The molecular weight excluding hydrogens is 260 g/mol. The van der Waals surface area contributed by atoms with Crippen molar-refractivity contribution in [3.8, 4) is 0 Å². The third-order valence-corrected chi connectivity index (χ3v) is 4.76. The van der Waals surface area contributed by atoms with E-state index in [0.717, 1.165) is 23.4 Å². The van der Waals surface area contributed by atoms with Gasteiger partial charge in [-0.2, -0.15) is 0 Å². The molecule has 4 heteroatoms. The molecule has 1 aliphatic rings. The Bertz CT molecular complexity index is 636. The first-order valence-corrected chi connectivity index (χ1v) is 8.08. The molecule has 2 N–H and O–H groups in total. The number of hydrogen-bond donors (Lipinski definition) is 1. The molecule has 2 aromatic rings. The van der Waals surface area contributed by atoms with Gasteiger partial charge in [-0.25, -0.2) is 9.97 Å². The molecule has 0 spiro atoms. The number of aryl methyl sites for hydroxylation is 1. The molecule has 0 radical (unpaired) electrons. The molecule has 0 amide bonds. The van der Waals surface area contributed by atoms with E-state index >= 15 is 0 Å². The quantitative estimate of drug-likeness (QED) is 0.926. The molecule has 0 bridgehead atoms. The van der Waals surface area contributed by atoms with Gasteiger partial charge in [0.15, 0.2) is 5.65 Å². The number of imidazole rings is 1. The maximum atomic E-state index is 6.18. The molecule has 1 aliphatic carbocycles. The van der Waals surface area contributed by atoms with Crippen LogP contribution in [0.25, 0.3) is 11.2 Å². The maximum absolute atomic E-state index is 6.18. The highest BCUT2D eigenvalue weighted by Crippen LogP contribution is 2.45. The van der Waals surface area contributed by atoms with Crippen molar-refractivity contribution in [2.24, 2.45) is 11.3 Å². The van der Waals surface area contributed by atoms with Crippen LogP contribution in [0.5, 0.6) is 0 Å². The van der Waals surface area contributed by atoms with Crippen molar-refractivity contribution in [2.75, 3.05) is 5.73 Å². The van der Waals surface area contributed by atoms with Gasteiger partial charge in [0.1, 0.15) is 5.52 Å². The van der Waals surface area contributed by atoms with Crippen LogP contribution in [0.3, 0.4) is 0 Å². The lowest BCUT2D eigenvalue weighted by molar-refractivity contribution is 0.200. The van der Waals surface area contributed by atoms with Crippen molar-refractivity contribution in [3.05, 3.63) is 17.8 Å². The van der Waals surface area contributed by atoms with Crippen LogP contribution >= 0.6 is 0 Å². The van der Waals surface area contributed by atoms with Crippen LogP contribution in [0.4, 0.5) is 5.95 Å². The van der Waals surface area contributed by atoms with Gasteiger partial charge in [-0.05, 0) is 49.7 Å². The summed E-state index contributed by atoms with van der Waals surface area (Å²) in [5, 5.41) is 0. The Balaban J connectivity index is 1.99. The number of nitrogens with two attached hydrogens (primary N) is 1. The summed E-state index contributed by atoms with van der Waals surface area (Å²) < 4.78 is 2.15. The fourth-order valence-corrected chi connectivity index (χ4v) is 4.02. The zero-order valence-electron chi connectivity index (χ0n) is 13.4. The third-order valence-electron chi connectivity index (χ3n) is 4.76. The van der Waals surface area contributed by atoms with E-state index < -0.39 is 0 Å². The van der Waals surface area contributed by atoms with Crippen LogP contribution in [0, 0.1) is 18.3 Å². The summed E-state index contributed by atoms with van der Waals surface area (Å²) in [5.74, 6) is 1.33. The largest absolute Gasteiger partial charge is 0.369 e. The van der Waals surface area contributed by atoms with Crippen molar-refractivity contribution >= 4 is 17.1 Å². The van der Waals surface area contributed by atoms with Gasteiger partial charge < -0.3 is 5.73 Å². The Kier molecular flexibility index (Phi) is 3.64. The van der Waals surface area contributed by atoms with Crippen molar-refractivity contribution in [2.45, 2.75) is 59.4 Å². The minimum Gasteiger partial charge on any atom is -0.369 e. The number of fused-ring (bicyclic) bond motifs is 1. The normalized spacial score (nSPS) is 17.9. The number of pyridine rings is 1. The summed E-state index contributed by atoms with van der Waals surface area (Å²) in [5.41, 5.74) is 9.44. The summed E-state index contributed by atoms with van der Waals surface area (Å²) >= 11 is 0. The minimum atomic E-state index is 0.376. The van der Waals surface area contributed by atoms with Gasteiger partial charge in [-0.1, -0.05) is 26.7 Å². The summed E-state index contributed by atoms with van der Waals surface area (Å²) in [7, 11) is 0. The average molecular weight is 286 g/mol. The number of nitrogens with zero attached hydrogens (tertiary/aromatic N) is 3. The Morgan fingerprint density at radius 3 is 2.62 bits per heavy atom. The highest BCUT2D eigenvalue weighted by atomic mass is 15.2. The highest BCUT2D eigenvalue weighted by molar-refractivity contribution is 5.74.